The molecule has 2 rings (SSSR count). The molecule has 1 fully saturated rings. The van der Waals surface area contributed by atoms with Crippen LogP contribution < -0.4 is 11.1 Å². The zero-order chi connectivity index (χ0) is 14.3. The van der Waals surface area contributed by atoms with Crippen LogP contribution in [0.15, 0.2) is 18.2 Å². The molecule has 1 aromatic rings. The van der Waals surface area contributed by atoms with Crippen molar-refractivity contribution < 1.29 is 18.0 Å². The monoisotopic (exact) mass is 272 g/mol. The largest absolute Gasteiger partial charge is 0.384 e. The number of halogens is 3. The summed E-state index contributed by atoms with van der Waals surface area (Å²) < 4.78 is 39.2. The van der Waals surface area contributed by atoms with Gasteiger partial charge < -0.3 is 11.1 Å². The lowest BCUT2D eigenvalue weighted by molar-refractivity contribution is -0.148. The summed E-state index contributed by atoms with van der Waals surface area (Å²) in [7, 11) is 0. The third-order valence-corrected chi connectivity index (χ3v) is 3.34. The van der Waals surface area contributed by atoms with Crippen LogP contribution in [0.3, 0.4) is 0 Å². The van der Waals surface area contributed by atoms with Crippen molar-refractivity contribution in [3.8, 4) is 0 Å². The van der Waals surface area contributed by atoms with Crippen molar-refractivity contribution in [1.29, 1.82) is 0 Å². The standard InChI is InChI=1S/C13H15F3N2O/c1-12(5-13(15,16)6-12)7-18-9-4-2-3-8(14)10(9)11(17)19/h2-4,18H,5-7H2,1H3,(H2,17,19). The Kier molecular flexibility index (Phi) is 3.20. The van der Waals surface area contributed by atoms with Gasteiger partial charge in [-0.1, -0.05) is 13.0 Å². The lowest BCUT2D eigenvalue weighted by Crippen LogP contribution is -2.48. The summed E-state index contributed by atoms with van der Waals surface area (Å²) in [5, 5.41) is 2.84. The topological polar surface area (TPSA) is 55.1 Å². The number of nitrogens with two attached hydrogens (primary N) is 1. The molecule has 1 aliphatic rings. The van der Waals surface area contributed by atoms with E-state index in [4.69, 9.17) is 5.73 Å². The number of carbonyl (C=O) groups is 1. The van der Waals surface area contributed by atoms with E-state index in [0.717, 1.165) is 6.07 Å². The average Bonchev–Trinajstić information content (AvgIpc) is 2.23. The van der Waals surface area contributed by atoms with Crippen LogP contribution in [0.5, 0.6) is 0 Å². The number of alkyl halides is 2. The average molecular weight is 272 g/mol. The highest BCUT2D eigenvalue weighted by Gasteiger charge is 2.53. The van der Waals surface area contributed by atoms with Crippen molar-refractivity contribution in [2.75, 3.05) is 11.9 Å². The molecule has 104 valence electrons. The molecule has 19 heavy (non-hydrogen) atoms. The molecule has 0 aromatic heterocycles. The number of primary amides is 1. The van der Waals surface area contributed by atoms with Crippen LogP contribution >= 0.6 is 0 Å². The smallest absolute Gasteiger partial charge is 0.253 e. The Labute approximate surface area is 109 Å². The molecule has 0 radical (unpaired) electrons. The third kappa shape index (κ3) is 2.83. The van der Waals surface area contributed by atoms with Crippen molar-refractivity contribution in [3.05, 3.63) is 29.6 Å². The van der Waals surface area contributed by atoms with E-state index in [0.29, 0.717) is 0 Å². The van der Waals surface area contributed by atoms with Gasteiger partial charge in [0.05, 0.1) is 5.56 Å². The minimum atomic E-state index is -2.62. The van der Waals surface area contributed by atoms with Gasteiger partial charge in [0.25, 0.3) is 5.91 Å². The molecule has 0 atom stereocenters. The molecule has 0 saturated heterocycles. The predicted molar refractivity (Wildman–Crippen MR) is 65.7 cm³/mol. The van der Waals surface area contributed by atoms with Crippen molar-refractivity contribution in [2.45, 2.75) is 25.7 Å². The summed E-state index contributed by atoms with van der Waals surface area (Å²) in [5.74, 6) is -4.23. The van der Waals surface area contributed by atoms with Crippen LogP contribution in [0.1, 0.15) is 30.1 Å². The summed E-state index contributed by atoms with van der Waals surface area (Å²) in [5.41, 5.74) is 4.56. The molecular weight excluding hydrogens is 257 g/mol. The number of benzene rings is 1. The number of hydrogen-bond donors (Lipinski definition) is 2. The fourth-order valence-electron chi connectivity index (χ4n) is 2.55. The van der Waals surface area contributed by atoms with Gasteiger partial charge in [-0.05, 0) is 17.5 Å². The zero-order valence-electron chi connectivity index (χ0n) is 10.5. The summed E-state index contributed by atoms with van der Waals surface area (Å²) in [6.07, 6.45) is -0.428. The van der Waals surface area contributed by atoms with Crippen LogP contribution in [0, 0.1) is 11.2 Å². The molecule has 3 N–H and O–H groups in total. The lowest BCUT2D eigenvalue weighted by Gasteiger charge is -2.45. The maximum absolute atomic E-state index is 13.5. The third-order valence-electron chi connectivity index (χ3n) is 3.34. The normalized spacial score (nSPS) is 19.6. The van der Waals surface area contributed by atoms with Crippen LogP contribution in [-0.4, -0.2) is 18.4 Å². The van der Waals surface area contributed by atoms with Gasteiger partial charge in [-0.25, -0.2) is 13.2 Å². The fourth-order valence-corrected chi connectivity index (χ4v) is 2.55. The highest BCUT2D eigenvalue weighted by Crippen LogP contribution is 2.51. The van der Waals surface area contributed by atoms with Gasteiger partial charge in [-0.3, -0.25) is 4.79 Å². The lowest BCUT2D eigenvalue weighted by atomic mass is 9.67. The SMILES string of the molecule is CC1(CNc2cccc(F)c2C(N)=O)CC(F)(F)C1. The van der Waals surface area contributed by atoms with E-state index in [2.05, 4.69) is 5.32 Å². The quantitative estimate of drug-likeness (QED) is 0.885. The second-order valence-electron chi connectivity index (χ2n) is 5.40. The first-order valence-corrected chi connectivity index (χ1v) is 5.93. The van der Waals surface area contributed by atoms with E-state index in [-0.39, 0.29) is 30.6 Å². The molecule has 3 nitrogen and oxygen atoms in total. The van der Waals surface area contributed by atoms with Crippen LogP contribution in [0.4, 0.5) is 18.9 Å². The number of hydrogen-bond acceptors (Lipinski definition) is 2. The van der Waals surface area contributed by atoms with E-state index in [1.54, 1.807) is 6.92 Å². The number of carbonyl (C=O) groups excluding carboxylic acids is 1. The Morgan fingerprint density at radius 2 is 2.05 bits per heavy atom. The molecular formula is C13H15F3N2O. The summed E-state index contributed by atoms with van der Waals surface area (Å²) in [6, 6.07) is 4.07. The first-order valence-electron chi connectivity index (χ1n) is 5.93. The molecule has 0 bridgehead atoms. The first-order chi connectivity index (χ1) is 8.72. The molecule has 1 amide bonds. The second kappa shape index (κ2) is 4.43. The number of rotatable bonds is 4. The van der Waals surface area contributed by atoms with Gasteiger partial charge >= 0.3 is 0 Å². The van der Waals surface area contributed by atoms with Gasteiger partial charge in [0.1, 0.15) is 5.82 Å². The summed E-state index contributed by atoms with van der Waals surface area (Å²) in [4.78, 5) is 11.2. The second-order valence-corrected chi connectivity index (χ2v) is 5.40. The minimum absolute atomic E-state index is 0.214. The van der Waals surface area contributed by atoms with E-state index in [1.165, 1.54) is 12.1 Å². The molecule has 0 spiro atoms. The highest BCUT2D eigenvalue weighted by atomic mass is 19.3. The first kappa shape index (κ1) is 13.7. The van der Waals surface area contributed by atoms with E-state index >= 15 is 0 Å². The van der Waals surface area contributed by atoms with Gasteiger partial charge in [-0.15, -0.1) is 0 Å². The molecule has 0 unspecified atom stereocenters. The number of amides is 1. The van der Waals surface area contributed by atoms with Crippen molar-refractivity contribution >= 4 is 11.6 Å². The van der Waals surface area contributed by atoms with E-state index in [1.807, 2.05) is 0 Å². The predicted octanol–water partition coefficient (Wildman–Crippen LogP) is 2.77. The zero-order valence-corrected chi connectivity index (χ0v) is 10.5. The Morgan fingerprint density at radius 1 is 1.42 bits per heavy atom. The number of nitrogens with one attached hydrogen (secondary N) is 1. The van der Waals surface area contributed by atoms with Gasteiger partial charge in [0, 0.05) is 25.1 Å². The molecule has 1 saturated carbocycles. The van der Waals surface area contributed by atoms with Gasteiger partial charge in [-0.2, -0.15) is 0 Å². The Hall–Kier alpha value is -1.72. The molecule has 0 heterocycles. The molecule has 1 aromatic carbocycles. The highest BCUT2D eigenvalue weighted by molar-refractivity contribution is 5.98. The van der Waals surface area contributed by atoms with Gasteiger partial charge in [0.15, 0.2) is 0 Å². The summed E-state index contributed by atoms with van der Waals surface area (Å²) >= 11 is 0. The molecule has 6 heteroatoms. The maximum Gasteiger partial charge on any atom is 0.253 e. The van der Waals surface area contributed by atoms with Crippen molar-refractivity contribution in [1.82, 2.24) is 0 Å². The molecule has 1 aliphatic carbocycles. The maximum atomic E-state index is 13.5. The van der Waals surface area contributed by atoms with E-state index in [9.17, 15) is 18.0 Å². The Morgan fingerprint density at radius 3 is 2.58 bits per heavy atom. The van der Waals surface area contributed by atoms with Gasteiger partial charge in [0.2, 0.25) is 5.92 Å². The fraction of sp³-hybridized carbons (Fsp3) is 0.462. The summed E-state index contributed by atoms with van der Waals surface area (Å²) in [6.45, 7) is 1.97. The minimum Gasteiger partial charge on any atom is -0.384 e. The Balaban J connectivity index is 2.09. The van der Waals surface area contributed by atoms with Crippen molar-refractivity contribution in [2.24, 2.45) is 11.1 Å². The van der Waals surface area contributed by atoms with E-state index < -0.39 is 23.1 Å². The van der Waals surface area contributed by atoms with Crippen LogP contribution in [-0.2, 0) is 0 Å². The number of anilines is 1. The van der Waals surface area contributed by atoms with Crippen molar-refractivity contribution in [3.63, 3.8) is 0 Å². The Bertz CT molecular complexity index is 509. The molecule has 0 aliphatic heterocycles. The van der Waals surface area contributed by atoms with Crippen LogP contribution in [0.2, 0.25) is 0 Å². The van der Waals surface area contributed by atoms with Crippen LogP contribution in [0.25, 0.3) is 0 Å².